The van der Waals surface area contributed by atoms with Gasteiger partial charge in [0.2, 0.25) is 11.9 Å². The van der Waals surface area contributed by atoms with Gasteiger partial charge in [-0.15, -0.1) is 10.2 Å². The van der Waals surface area contributed by atoms with Crippen molar-refractivity contribution in [3.63, 3.8) is 0 Å². The zero-order valence-corrected chi connectivity index (χ0v) is 19.3. The van der Waals surface area contributed by atoms with Gasteiger partial charge in [-0.05, 0) is 37.6 Å². The van der Waals surface area contributed by atoms with Crippen LogP contribution in [0.4, 0.5) is 11.8 Å². The van der Waals surface area contributed by atoms with E-state index in [4.69, 9.17) is 4.74 Å². The molecule has 0 spiro atoms. The third kappa shape index (κ3) is 4.76. The van der Waals surface area contributed by atoms with Crippen molar-refractivity contribution in [3.8, 4) is 11.5 Å². The van der Waals surface area contributed by atoms with Gasteiger partial charge in [0.1, 0.15) is 22.7 Å². The van der Waals surface area contributed by atoms with Crippen LogP contribution in [0.5, 0.6) is 11.5 Å². The third-order valence-corrected chi connectivity index (χ3v) is 5.78. The molecule has 3 aromatic heterocycles. The highest BCUT2D eigenvalue weighted by Gasteiger charge is 2.26. The lowest BCUT2D eigenvalue weighted by Crippen LogP contribution is -2.31. The Labute approximate surface area is 200 Å². The minimum atomic E-state index is -0.313. The molecule has 1 atom stereocenters. The second-order valence-electron chi connectivity index (χ2n) is 8.27. The molecule has 2 amide bonds. The molecular formula is C23H25N9O3. The van der Waals surface area contributed by atoms with E-state index in [-0.39, 0.29) is 23.8 Å². The Morgan fingerprint density at radius 1 is 1.20 bits per heavy atom. The van der Waals surface area contributed by atoms with E-state index >= 15 is 0 Å². The highest BCUT2D eigenvalue weighted by molar-refractivity contribution is 6.03. The number of anilines is 2. The monoisotopic (exact) mass is 475 g/mol. The number of hydrogen-bond acceptors (Lipinski definition) is 8. The molecule has 4 aromatic rings. The van der Waals surface area contributed by atoms with E-state index in [1.54, 1.807) is 43.5 Å². The number of amides is 2. The highest BCUT2D eigenvalue weighted by Crippen LogP contribution is 2.33. The van der Waals surface area contributed by atoms with Crippen molar-refractivity contribution < 1.29 is 14.3 Å². The maximum absolute atomic E-state index is 12.4. The SMILES string of the molecule is CCC(=O)N1CCC(Nc2n[nH]c3nccc(Oc4ccc(C(=O)Nc5nnc(C)[nH]5)cc4)c23)C1. The van der Waals surface area contributed by atoms with E-state index in [2.05, 4.69) is 41.0 Å². The van der Waals surface area contributed by atoms with Crippen molar-refractivity contribution >= 4 is 34.6 Å². The minimum Gasteiger partial charge on any atom is -0.456 e. The van der Waals surface area contributed by atoms with Gasteiger partial charge in [-0.1, -0.05) is 6.92 Å². The molecule has 1 fully saturated rings. The van der Waals surface area contributed by atoms with Crippen molar-refractivity contribution in [1.29, 1.82) is 0 Å². The second-order valence-corrected chi connectivity index (χ2v) is 8.27. The number of aromatic amines is 2. The van der Waals surface area contributed by atoms with Crippen LogP contribution in [0.15, 0.2) is 36.5 Å². The Morgan fingerprint density at radius 3 is 2.77 bits per heavy atom. The fourth-order valence-electron chi connectivity index (χ4n) is 4.02. The summed E-state index contributed by atoms with van der Waals surface area (Å²) in [6, 6.07) is 8.61. The summed E-state index contributed by atoms with van der Waals surface area (Å²) < 4.78 is 6.12. The molecule has 180 valence electrons. The van der Waals surface area contributed by atoms with Crippen LogP contribution >= 0.6 is 0 Å². The average molecular weight is 476 g/mol. The van der Waals surface area contributed by atoms with E-state index in [1.807, 2.05) is 11.8 Å². The number of aryl methyl sites for hydroxylation is 1. The molecule has 12 heteroatoms. The Kier molecular flexibility index (Phi) is 6.00. The van der Waals surface area contributed by atoms with Crippen LogP contribution in [0.2, 0.25) is 0 Å². The number of hydrogen-bond donors (Lipinski definition) is 4. The summed E-state index contributed by atoms with van der Waals surface area (Å²) in [6.07, 6.45) is 2.98. The first kappa shape index (κ1) is 22.3. The van der Waals surface area contributed by atoms with Gasteiger partial charge in [0.25, 0.3) is 5.91 Å². The lowest BCUT2D eigenvalue weighted by molar-refractivity contribution is -0.129. The topological polar surface area (TPSA) is 154 Å². The van der Waals surface area contributed by atoms with Crippen LogP contribution in [0.3, 0.4) is 0 Å². The molecule has 4 N–H and O–H groups in total. The molecule has 1 aliphatic rings. The number of H-pyrrole nitrogens is 2. The van der Waals surface area contributed by atoms with Crippen LogP contribution in [-0.4, -0.2) is 66.2 Å². The van der Waals surface area contributed by atoms with E-state index in [0.717, 1.165) is 18.4 Å². The molecule has 0 saturated carbocycles. The molecule has 1 aliphatic heterocycles. The second kappa shape index (κ2) is 9.41. The lowest BCUT2D eigenvalue weighted by Gasteiger charge is -2.16. The third-order valence-electron chi connectivity index (χ3n) is 5.78. The molecule has 0 radical (unpaired) electrons. The maximum atomic E-state index is 12.4. The Balaban J connectivity index is 1.30. The summed E-state index contributed by atoms with van der Waals surface area (Å²) in [5.41, 5.74) is 1.03. The maximum Gasteiger partial charge on any atom is 0.258 e. The number of benzene rings is 1. The number of carbonyl (C=O) groups is 2. The van der Waals surface area contributed by atoms with Crippen molar-refractivity contribution in [2.45, 2.75) is 32.7 Å². The summed E-state index contributed by atoms with van der Waals surface area (Å²) in [5.74, 6) is 2.49. The van der Waals surface area contributed by atoms with Crippen LogP contribution < -0.4 is 15.4 Å². The summed E-state index contributed by atoms with van der Waals surface area (Å²) in [4.78, 5) is 33.5. The summed E-state index contributed by atoms with van der Waals surface area (Å²) >= 11 is 0. The number of nitrogens with zero attached hydrogens (tertiary/aromatic N) is 5. The molecule has 5 rings (SSSR count). The van der Waals surface area contributed by atoms with Gasteiger partial charge in [0, 0.05) is 43.4 Å². The van der Waals surface area contributed by atoms with Crippen LogP contribution in [0, 0.1) is 6.92 Å². The lowest BCUT2D eigenvalue weighted by atomic mass is 10.2. The normalized spacial score (nSPS) is 15.4. The molecule has 0 bridgehead atoms. The van der Waals surface area contributed by atoms with E-state index in [1.165, 1.54) is 0 Å². The number of nitrogens with one attached hydrogen (secondary N) is 4. The standard InChI is InChI=1S/C23H25N9O3/c1-3-18(33)32-11-9-15(12-32)26-21-19-17(8-10-24-20(19)29-30-21)35-16-6-4-14(5-7-16)22(34)27-23-25-13(2)28-31-23/h4-8,10,15H,3,9,11-12H2,1-2H3,(H2,24,26,29,30)(H2,25,27,28,31,34). The first-order chi connectivity index (χ1) is 17.0. The van der Waals surface area contributed by atoms with E-state index in [9.17, 15) is 9.59 Å². The first-order valence-corrected chi connectivity index (χ1v) is 11.4. The van der Waals surface area contributed by atoms with Crippen LogP contribution in [-0.2, 0) is 4.79 Å². The zero-order valence-electron chi connectivity index (χ0n) is 19.3. The number of ether oxygens (including phenoxy) is 1. The fourth-order valence-corrected chi connectivity index (χ4v) is 4.02. The number of aromatic nitrogens is 6. The molecule has 35 heavy (non-hydrogen) atoms. The quantitative estimate of drug-likeness (QED) is 0.318. The fraction of sp³-hybridized carbons (Fsp3) is 0.304. The molecule has 1 aromatic carbocycles. The predicted octanol–water partition coefficient (Wildman–Crippen LogP) is 2.85. The Bertz CT molecular complexity index is 1360. The molecular weight excluding hydrogens is 450 g/mol. The first-order valence-electron chi connectivity index (χ1n) is 11.4. The van der Waals surface area contributed by atoms with Gasteiger partial charge in [-0.3, -0.25) is 20.0 Å². The van der Waals surface area contributed by atoms with Gasteiger partial charge in [-0.25, -0.2) is 4.98 Å². The van der Waals surface area contributed by atoms with Gasteiger partial charge in [0.05, 0.1) is 0 Å². The van der Waals surface area contributed by atoms with Crippen molar-refractivity contribution in [3.05, 3.63) is 47.9 Å². The molecule has 4 heterocycles. The summed E-state index contributed by atoms with van der Waals surface area (Å²) in [5, 5.41) is 21.8. The van der Waals surface area contributed by atoms with Gasteiger partial charge < -0.3 is 19.9 Å². The smallest absolute Gasteiger partial charge is 0.258 e. The Morgan fingerprint density at radius 2 is 2.03 bits per heavy atom. The summed E-state index contributed by atoms with van der Waals surface area (Å²) in [7, 11) is 0. The summed E-state index contributed by atoms with van der Waals surface area (Å²) in [6.45, 7) is 4.98. The van der Waals surface area contributed by atoms with Crippen LogP contribution in [0.1, 0.15) is 35.9 Å². The van der Waals surface area contributed by atoms with Crippen molar-refractivity contribution in [2.24, 2.45) is 0 Å². The number of carbonyl (C=O) groups excluding carboxylic acids is 2. The molecule has 12 nitrogen and oxygen atoms in total. The highest BCUT2D eigenvalue weighted by atomic mass is 16.5. The predicted molar refractivity (Wildman–Crippen MR) is 128 cm³/mol. The largest absolute Gasteiger partial charge is 0.456 e. The molecule has 0 aliphatic carbocycles. The van der Waals surface area contributed by atoms with Crippen LogP contribution in [0.25, 0.3) is 11.0 Å². The Hall–Kier alpha value is -4.48. The number of pyridine rings is 1. The zero-order chi connectivity index (χ0) is 24.4. The number of likely N-dealkylation sites (tertiary alicyclic amines) is 1. The van der Waals surface area contributed by atoms with E-state index < -0.39 is 0 Å². The van der Waals surface area contributed by atoms with Crippen molar-refractivity contribution in [1.82, 2.24) is 35.3 Å². The molecule has 1 saturated heterocycles. The number of fused-ring (bicyclic) bond motifs is 1. The van der Waals surface area contributed by atoms with Gasteiger partial charge in [0.15, 0.2) is 11.5 Å². The van der Waals surface area contributed by atoms with Gasteiger partial charge >= 0.3 is 0 Å². The average Bonchev–Trinajstić information content (AvgIpc) is 3.60. The van der Waals surface area contributed by atoms with Gasteiger partial charge in [-0.2, -0.15) is 5.10 Å². The van der Waals surface area contributed by atoms with Crippen molar-refractivity contribution in [2.75, 3.05) is 23.7 Å². The minimum absolute atomic E-state index is 0.0935. The van der Waals surface area contributed by atoms with E-state index in [0.29, 0.717) is 47.3 Å². The number of rotatable bonds is 7. The molecule has 1 unspecified atom stereocenters.